The molecule has 1 aliphatic carbocycles. The third kappa shape index (κ3) is 7.51. The summed E-state index contributed by atoms with van der Waals surface area (Å²) in [5.74, 6) is -1.26. The average Bonchev–Trinajstić information content (AvgIpc) is 3.36. The lowest BCUT2D eigenvalue weighted by atomic mass is 9.58. The number of hydrogen-bond acceptors (Lipinski definition) is 6. The Balaban J connectivity index is 1.42. The van der Waals surface area contributed by atoms with Crippen molar-refractivity contribution in [3.63, 3.8) is 0 Å². The first-order valence-corrected chi connectivity index (χ1v) is 21.0. The molecule has 3 aromatic rings. The predicted molar refractivity (Wildman–Crippen MR) is 211 cm³/mol. The van der Waals surface area contributed by atoms with Crippen LogP contribution in [-0.2, 0) is 18.7 Å². The van der Waals surface area contributed by atoms with Gasteiger partial charge in [0.25, 0.3) is 8.32 Å². The lowest BCUT2D eigenvalue weighted by Crippen LogP contribution is -2.66. The van der Waals surface area contributed by atoms with Crippen LogP contribution >= 0.6 is 0 Å². The van der Waals surface area contributed by atoms with Gasteiger partial charge in [0.15, 0.2) is 0 Å². The Labute approximate surface area is 311 Å². The summed E-state index contributed by atoms with van der Waals surface area (Å²) in [6, 6.07) is 28.3. The molecule has 0 bridgehead atoms. The Morgan fingerprint density at radius 1 is 0.904 bits per heavy atom. The molecule has 0 spiro atoms. The summed E-state index contributed by atoms with van der Waals surface area (Å²) in [5, 5.41) is 23.2. The quantitative estimate of drug-likeness (QED) is 0.111. The van der Waals surface area contributed by atoms with E-state index in [4.69, 9.17) is 9.08 Å². The van der Waals surface area contributed by atoms with Crippen LogP contribution in [0.3, 0.4) is 0 Å². The van der Waals surface area contributed by atoms with E-state index in [1.165, 1.54) is 20.8 Å². The number of carbonyl (C=O) groups is 2. The van der Waals surface area contributed by atoms with Gasteiger partial charge in [-0.25, -0.2) is 0 Å². The van der Waals surface area contributed by atoms with Gasteiger partial charge in [-0.3, -0.25) is 14.5 Å². The summed E-state index contributed by atoms with van der Waals surface area (Å²) < 4.78 is 13.9. The molecular formula is C43H54BNO6Si. The number of likely N-dealkylation sites (tertiary alicyclic amines) is 1. The van der Waals surface area contributed by atoms with Gasteiger partial charge < -0.3 is 19.2 Å². The summed E-state index contributed by atoms with van der Waals surface area (Å²) in [4.78, 5) is 29.4. The monoisotopic (exact) mass is 719 g/mol. The van der Waals surface area contributed by atoms with Gasteiger partial charge in [0.2, 0.25) is 11.8 Å². The van der Waals surface area contributed by atoms with Crippen LogP contribution in [0.2, 0.25) is 11.4 Å². The number of phenols is 1. The summed E-state index contributed by atoms with van der Waals surface area (Å²) >= 11 is 0. The summed E-state index contributed by atoms with van der Waals surface area (Å²) in [7, 11) is -3.96. The van der Waals surface area contributed by atoms with Crippen LogP contribution in [0.25, 0.3) is 6.08 Å². The summed E-state index contributed by atoms with van der Waals surface area (Å²) in [6.07, 6.45) is 6.45. The van der Waals surface area contributed by atoms with Gasteiger partial charge in [0.05, 0.1) is 24.5 Å². The highest BCUT2D eigenvalue weighted by atomic mass is 28.4. The third-order valence-electron chi connectivity index (χ3n) is 11.3. The van der Waals surface area contributed by atoms with E-state index in [9.17, 15) is 19.7 Å². The molecule has 2 saturated heterocycles. The van der Waals surface area contributed by atoms with Gasteiger partial charge >= 0.3 is 7.12 Å². The predicted octanol–water partition coefficient (Wildman–Crippen LogP) is 7.14. The van der Waals surface area contributed by atoms with E-state index in [1.54, 1.807) is 12.1 Å². The Morgan fingerprint density at radius 2 is 1.54 bits per heavy atom. The van der Waals surface area contributed by atoms with Crippen LogP contribution in [0.15, 0.2) is 102 Å². The number of fused-ring (bicyclic) bond motifs is 3. The van der Waals surface area contributed by atoms with Crippen molar-refractivity contribution in [3.05, 3.63) is 107 Å². The number of amides is 2. The standard InChI is InChI=1S/C43H54BNO6Si/c1-6-14-30(26-31-19-22-33(46)23-20-31)21-24-38-39-32(27-36-40(37(39)28-44(49)51-38)42(48)45(25-7-2)41(36)47)29-50-52(43(3,4)5,34-15-10-8-11-16-34)35-17-12-9-13-18-35/h8-13,15-20,22-23,26,36-38,40,46,49H,6-7,14,21,24-25,27-29H2,1-5H3/b30-26+/t36-,37+,38-,40-/m1/s1. The molecule has 6 rings (SSSR count). The molecule has 7 nitrogen and oxygen atoms in total. The summed E-state index contributed by atoms with van der Waals surface area (Å²) in [6.45, 7) is 11.7. The highest BCUT2D eigenvalue weighted by Gasteiger charge is 2.58. The largest absolute Gasteiger partial charge is 0.508 e. The molecular weight excluding hydrogens is 665 g/mol. The number of hydrogen-bond donors (Lipinski definition) is 2. The Morgan fingerprint density at radius 3 is 2.12 bits per heavy atom. The highest BCUT2D eigenvalue weighted by molar-refractivity contribution is 6.99. The van der Waals surface area contributed by atoms with Gasteiger partial charge in [-0.2, -0.15) is 0 Å². The molecule has 2 amide bonds. The Kier molecular flexibility index (Phi) is 11.8. The van der Waals surface area contributed by atoms with Crippen LogP contribution in [0.4, 0.5) is 0 Å². The fourth-order valence-electron chi connectivity index (χ4n) is 9.08. The maximum atomic E-state index is 14.0. The Bertz CT molecular complexity index is 1730. The van der Waals surface area contributed by atoms with Crippen LogP contribution in [0.5, 0.6) is 5.75 Å². The minimum atomic E-state index is -2.92. The first-order chi connectivity index (χ1) is 25.0. The fourth-order valence-corrected chi connectivity index (χ4v) is 13.6. The molecule has 0 aromatic heterocycles. The fraction of sp³-hybridized carbons (Fsp3) is 0.442. The topological polar surface area (TPSA) is 96.3 Å². The highest BCUT2D eigenvalue weighted by Crippen LogP contribution is 2.51. The molecule has 0 saturated carbocycles. The van der Waals surface area contributed by atoms with E-state index < -0.39 is 33.4 Å². The van der Waals surface area contributed by atoms with Crippen molar-refractivity contribution in [3.8, 4) is 5.75 Å². The second-order valence-corrected chi connectivity index (χ2v) is 20.1. The van der Waals surface area contributed by atoms with Crippen LogP contribution < -0.4 is 10.4 Å². The van der Waals surface area contributed by atoms with E-state index in [2.05, 4.69) is 82.3 Å². The van der Waals surface area contributed by atoms with E-state index in [1.807, 2.05) is 31.2 Å². The lowest BCUT2D eigenvalue weighted by Gasteiger charge is -2.46. The van der Waals surface area contributed by atoms with Gasteiger partial charge in [0.1, 0.15) is 5.75 Å². The zero-order valence-electron chi connectivity index (χ0n) is 31.4. The van der Waals surface area contributed by atoms with Crippen molar-refractivity contribution < 1.29 is 28.8 Å². The molecule has 2 aliphatic heterocycles. The molecule has 3 aromatic carbocycles. The number of rotatable bonds is 13. The number of imide groups is 1. The van der Waals surface area contributed by atoms with Crippen LogP contribution in [-0.4, -0.2) is 61.5 Å². The van der Waals surface area contributed by atoms with Crippen molar-refractivity contribution >= 4 is 43.7 Å². The van der Waals surface area contributed by atoms with Gasteiger partial charge in [0, 0.05) is 6.54 Å². The maximum absolute atomic E-state index is 14.0. The second kappa shape index (κ2) is 16.1. The molecule has 0 radical (unpaired) electrons. The third-order valence-corrected chi connectivity index (χ3v) is 16.3. The molecule has 4 atom stereocenters. The molecule has 3 aliphatic rings. The van der Waals surface area contributed by atoms with Gasteiger partial charge in [-0.05, 0) is 88.6 Å². The van der Waals surface area contributed by atoms with Crippen molar-refractivity contribution in [2.75, 3.05) is 13.2 Å². The number of benzene rings is 3. The Hall–Kier alpha value is -3.76. The van der Waals surface area contributed by atoms with Crippen molar-refractivity contribution in [2.24, 2.45) is 17.8 Å². The minimum absolute atomic E-state index is 0.0987. The van der Waals surface area contributed by atoms with E-state index in [0.717, 1.165) is 36.0 Å². The van der Waals surface area contributed by atoms with E-state index in [-0.39, 0.29) is 34.8 Å². The van der Waals surface area contributed by atoms with Gasteiger partial charge in [-0.15, -0.1) is 0 Å². The number of allylic oxidation sites excluding steroid dienone is 1. The van der Waals surface area contributed by atoms with Crippen molar-refractivity contribution in [1.29, 1.82) is 0 Å². The summed E-state index contributed by atoms with van der Waals surface area (Å²) in [5.41, 5.74) is 4.36. The number of phenolic OH excluding ortho intramolecular Hbond substituents is 1. The second-order valence-electron chi connectivity index (χ2n) is 15.8. The molecule has 2 heterocycles. The average molecular weight is 720 g/mol. The maximum Gasteiger partial charge on any atom is 0.455 e. The minimum Gasteiger partial charge on any atom is -0.508 e. The number of aromatic hydroxyl groups is 1. The SMILES string of the molecule is CCC/C(=C\c1ccc(O)cc1)CC[C@H]1OB(O)C[C@H]2C1=C(CO[Si](c1ccccc1)(c1ccccc1)C(C)(C)C)C[C@H]1C(=O)N(CCC)C(=O)[C@H]12. The number of carbonyl (C=O) groups excluding carboxylic acids is 2. The molecule has 274 valence electrons. The first-order valence-electron chi connectivity index (χ1n) is 19.1. The molecule has 2 fully saturated rings. The molecule has 9 heteroatoms. The first kappa shape index (κ1) is 38.0. The number of nitrogens with zero attached hydrogens (tertiary/aromatic N) is 1. The lowest BCUT2D eigenvalue weighted by molar-refractivity contribution is -0.140. The zero-order valence-corrected chi connectivity index (χ0v) is 32.4. The van der Waals surface area contributed by atoms with Crippen LogP contribution in [0, 0.1) is 17.8 Å². The van der Waals surface area contributed by atoms with E-state index >= 15 is 0 Å². The molecule has 52 heavy (non-hydrogen) atoms. The van der Waals surface area contributed by atoms with E-state index in [0.29, 0.717) is 32.4 Å². The molecule has 2 N–H and O–H groups in total. The van der Waals surface area contributed by atoms with Crippen molar-refractivity contribution in [2.45, 2.75) is 90.6 Å². The van der Waals surface area contributed by atoms with Crippen LogP contribution in [0.1, 0.15) is 78.7 Å². The normalized spacial score (nSPS) is 22.5. The zero-order chi connectivity index (χ0) is 37.0. The van der Waals surface area contributed by atoms with Gasteiger partial charge in [-0.1, -0.05) is 125 Å². The molecule has 0 unspecified atom stereocenters. The smallest absolute Gasteiger partial charge is 0.455 e. The van der Waals surface area contributed by atoms with Crippen molar-refractivity contribution in [1.82, 2.24) is 4.90 Å².